The van der Waals surface area contributed by atoms with Crippen molar-refractivity contribution in [3.05, 3.63) is 93.8 Å². The normalized spacial score (nSPS) is 12.1. The molecule has 3 rings (SSSR count). The second-order valence-electron chi connectivity index (χ2n) is 7.11. The SMILES string of the molecule is Cc1c(C)c(C(=O)N[C@@H](C)c2ccccc2)n(Cc2ccc(F)cc2F)c1C. The summed E-state index contributed by atoms with van der Waals surface area (Å²) in [5.74, 6) is -1.45. The molecular weight excluding hydrogens is 358 g/mol. The number of carbonyl (C=O) groups excluding carboxylic acids is 1. The second-order valence-corrected chi connectivity index (χ2v) is 7.11. The molecule has 2 aromatic carbocycles. The van der Waals surface area contributed by atoms with Gasteiger partial charge in [0.2, 0.25) is 0 Å². The van der Waals surface area contributed by atoms with Gasteiger partial charge < -0.3 is 9.88 Å². The molecular formula is C23H24F2N2O. The van der Waals surface area contributed by atoms with Crippen molar-refractivity contribution >= 4 is 5.91 Å². The number of hydrogen-bond donors (Lipinski definition) is 1. The minimum absolute atomic E-state index is 0.162. The van der Waals surface area contributed by atoms with Crippen LogP contribution in [0.3, 0.4) is 0 Å². The first-order chi connectivity index (χ1) is 13.3. The van der Waals surface area contributed by atoms with Gasteiger partial charge in [0.1, 0.15) is 17.3 Å². The summed E-state index contributed by atoms with van der Waals surface area (Å²) in [4.78, 5) is 13.1. The summed E-state index contributed by atoms with van der Waals surface area (Å²) < 4.78 is 29.2. The first kappa shape index (κ1) is 19.8. The second kappa shape index (κ2) is 7.97. The fourth-order valence-electron chi connectivity index (χ4n) is 3.42. The molecule has 1 heterocycles. The number of halogens is 2. The Morgan fingerprint density at radius 2 is 1.71 bits per heavy atom. The van der Waals surface area contributed by atoms with Crippen molar-refractivity contribution in [2.24, 2.45) is 0 Å². The van der Waals surface area contributed by atoms with E-state index in [4.69, 9.17) is 0 Å². The van der Waals surface area contributed by atoms with Crippen LogP contribution < -0.4 is 5.32 Å². The molecule has 28 heavy (non-hydrogen) atoms. The molecule has 3 aromatic rings. The van der Waals surface area contributed by atoms with Gasteiger partial charge in [-0.2, -0.15) is 0 Å². The van der Waals surface area contributed by atoms with Crippen molar-refractivity contribution in [1.29, 1.82) is 0 Å². The van der Waals surface area contributed by atoms with Crippen molar-refractivity contribution in [2.75, 3.05) is 0 Å². The number of hydrogen-bond acceptors (Lipinski definition) is 1. The van der Waals surface area contributed by atoms with Gasteiger partial charge in [-0.1, -0.05) is 36.4 Å². The molecule has 0 fully saturated rings. The minimum Gasteiger partial charge on any atom is -0.344 e. The summed E-state index contributed by atoms with van der Waals surface area (Å²) >= 11 is 0. The average Bonchev–Trinajstić information content (AvgIpc) is 2.88. The van der Waals surface area contributed by atoms with Crippen LogP contribution in [0.5, 0.6) is 0 Å². The maximum atomic E-state index is 14.2. The zero-order valence-corrected chi connectivity index (χ0v) is 16.5. The first-order valence-electron chi connectivity index (χ1n) is 9.25. The Morgan fingerprint density at radius 3 is 2.36 bits per heavy atom. The number of aromatic nitrogens is 1. The summed E-state index contributed by atoms with van der Waals surface area (Å²) in [5.41, 5.74) is 4.58. The number of carbonyl (C=O) groups is 1. The van der Waals surface area contributed by atoms with E-state index < -0.39 is 11.6 Å². The van der Waals surface area contributed by atoms with Crippen LogP contribution in [-0.2, 0) is 6.54 Å². The van der Waals surface area contributed by atoms with Crippen LogP contribution in [0.4, 0.5) is 8.78 Å². The van der Waals surface area contributed by atoms with Gasteiger partial charge in [-0.3, -0.25) is 4.79 Å². The maximum absolute atomic E-state index is 14.2. The molecule has 0 saturated carbocycles. The zero-order chi connectivity index (χ0) is 20.4. The molecule has 0 unspecified atom stereocenters. The highest BCUT2D eigenvalue weighted by molar-refractivity contribution is 5.95. The van der Waals surface area contributed by atoms with E-state index in [2.05, 4.69) is 5.32 Å². The van der Waals surface area contributed by atoms with Crippen LogP contribution in [-0.4, -0.2) is 10.5 Å². The van der Waals surface area contributed by atoms with Gasteiger partial charge in [-0.05, 0) is 50.5 Å². The number of nitrogens with zero attached hydrogens (tertiary/aromatic N) is 1. The molecule has 0 aliphatic rings. The van der Waals surface area contributed by atoms with Crippen LogP contribution >= 0.6 is 0 Å². The van der Waals surface area contributed by atoms with Crippen molar-refractivity contribution in [3.63, 3.8) is 0 Å². The van der Waals surface area contributed by atoms with Gasteiger partial charge in [0, 0.05) is 17.3 Å². The highest BCUT2D eigenvalue weighted by atomic mass is 19.1. The number of nitrogens with one attached hydrogen (secondary N) is 1. The predicted molar refractivity (Wildman–Crippen MR) is 106 cm³/mol. The van der Waals surface area contributed by atoms with Gasteiger partial charge in [0.15, 0.2) is 0 Å². The molecule has 0 spiro atoms. The van der Waals surface area contributed by atoms with Crippen LogP contribution in [0.25, 0.3) is 0 Å². The van der Waals surface area contributed by atoms with E-state index in [0.717, 1.165) is 28.5 Å². The Labute approximate surface area is 164 Å². The summed E-state index contributed by atoms with van der Waals surface area (Å²) in [6.07, 6.45) is 0. The van der Waals surface area contributed by atoms with E-state index in [9.17, 15) is 13.6 Å². The van der Waals surface area contributed by atoms with Crippen LogP contribution in [0.15, 0.2) is 48.5 Å². The Kier molecular flexibility index (Phi) is 5.63. The molecule has 0 saturated heterocycles. The Morgan fingerprint density at radius 1 is 1.04 bits per heavy atom. The molecule has 3 nitrogen and oxygen atoms in total. The lowest BCUT2D eigenvalue weighted by molar-refractivity contribution is 0.0930. The van der Waals surface area contributed by atoms with Crippen LogP contribution in [0.2, 0.25) is 0 Å². The number of rotatable bonds is 5. The molecule has 146 valence electrons. The lowest BCUT2D eigenvalue weighted by Gasteiger charge is -2.17. The summed E-state index contributed by atoms with van der Waals surface area (Å²) in [6, 6.07) is 13.1. The van der Waals surface area contributed by atoms with Crippen molar-refractivity contribution in [2.45, 2.75) is 40.3 Å². The van der Waals surface area contributed by atoms with E-state index in [-0.39, 0.29) is 18.5 Å². The molecule has 0 aliphatic heterocycles. The number of amides is 1. The quantitative estimate of drug-likeness (QED) is 0.644. The lowest BCUT2D eigenvalue weighted by atomic mass is 10.1. The number of benzene rings is 2. The van der Waals surface area contributed by atoms with E-state index in [0.29, 0.717) is 11.3 Å². The standard InChI is InChI=1S/C23H24F2N2O/c1-14-15(2)22(23(28)26-16(3)18-8-6-5-7-9-18)27(17(14)4)13-19-10-11-20(24)12-21(19)25/h5-12,16H,13H2,1-4H3,(H,26,28)/t16-/m0/s1. The van der Waals surface area contributed by atoms with E-state index in [1.165, 1.54) is 12.1 Å². The summed E-state index contributed by atoms with van der Waals surface area (Å²) in [5, 5.41) is 3.03. The summed E-state index contributed by atoms with van der Waals surface area (Å²) in [6.45, 7) is 7.83. The largest absolute Gasteiger partial charge is 0.344 e. The molecule has 0 radical (unpaired) electrons. The Balaban J connectivity index is 1.94. The zero-order valence-electron chi connectivity index (χ0n) is 16.5. The molecule has 5 heteroatoms. The maximum Gasteiger partial charge on any atom is 0.268 e. The summed E-state index contributed by atoms with van der Waals surface area (Å²) in [7, 11) is 0. The molecule has 1 N–H and O–H groups in total. The minimum atomic E-state index is -0.618. The fourth-order valence-corrected chi connectivity index (χ4v) is 3.42. The van der Waals surface area contributed by atoms with E-state index in [1.807, 2.05) is 58.0 Å². The first-order valence-corrected chi connectivity index (χ1v) is 9.25. The Hall–Kier alpha value is -2.95. The molecule has 1 aromatic heterocycles. The van der Waals surface area contributed by atoms with Crippen molar-refractivity contribution in [1.82, 2.24) is 9.88 Å². The molecule has 0 aliphatic carbocycles. The molecule has 0 bridgehead atoms. The smallest absolute Gasteiger partial charge is 0.268 e. The lowest BCUT2D eigenvalue weighted by Crippen LogP contribution is -2.29. The predicted octanol–water partition coefficient (Wildman–Crippen LogP) is 5.23. The Bertz CT molecular complexity index is 1010. The van der Waals surface area contributed by atoms with Crippen LogP contribution in [0.1, 0.15) is 51.4 Å². The van der Waals surface area contributed by atoms with Crippen molar-refractivity contribution < 1.29 is 13.6 Å². The van der Waals surface area contributed by atoms with E-state index in [1.54, 1.807) is 4.57 Å². The van der Waals surface area contributed by atoms with E-state index >= 15 is 0 Å². The van der Waals surface area contributed by atoms with Crippen LogP contribution in [0, 0.1) is 32.4 Å². The highest BCUT2D eigenvalue weighted by Gasteiger charge is 2.23. The van der Waals surface area contributed by atoms with Gasteiger partial charge >= 0.3 is 0 Å². The molecule has 1 atom stereocenters. The monoisotopic (exact) mass is 382 g/mol. The highest BCUT2D eigenvalue weighted by Crippen LogP contribution is 2.24. The van der Waals surface area contributed by atoms with Gasteiger partial charge in [-0.25, -0.2) is 8.78 Å². The topological polar surface area (TPSA) is 34.0 Å². The van der Waals surface area contributed by atoms with Gasteiger partial charge in [-0.15, -0.1) is 0 Å². The average molecular weight is 382 g/mol. The fraction of sp³-hybridized carbons (Fsp3) is 0.261. The van der Waals surface area contributed by atoms with Crippen molar-refractivity contribution in [3.8, 4) is 0 Å². The molecule has 1 amide bonds. The van der Waals surface area contributed by atoms with Gasteiger partial charge in [0.05, 0.1) is 12.6 Å². The van der Waals surface area contributed by atoms with Gasteiger partial charge in [0.25, 0.3) is 5.91 Å². The third-order valence-electron chi connectivity index (χ3n) is 5.34. The third-order valence-corrected chi connectivity index (χ3v) is 5.34. The third kappa shape index (κ3) is 3.84.